The van der Waals surface area contributed by atoms with Crippen LogP contribution in [0.25, 0.3) is 11.1 Å². The number of nitrogens with zero attached hydrogens (tertiary/aromatic N) is 2. The molecule has 4 saturated carbocycles. The molecule has 0 spiro atoms. The van der Waals surface area contributed by atoms with Gasteiger partial charge in [0.15, 0.2) is 10.7 Å². The molecule has 0 unspecified atom stereocenters. The number of anilines is 1. The van der Waals surface area contributed by atoms with Crippen molar-refractivity contribution in [1.29, 1.82) is 0 Å². The Morgan fingerprint density at radius 2 is 1.87 bits per heavy atom. The molecule has 0 radical (unpaired) electrons. The Kier molecular flexibility index (Phi) is 4.17. The van der Waals surface area contributed by atoms with Gasteiger partial charge in [-0.2, -0.15) is 0 Å². The molecule has 1 aromatic carbocycles. The Labute approximate surface area is 178 Å². The smallest absolute Gasteiger partial charge is 0.408 e. The number of aromatic nitrogens is 2. The van der Waals surface area contributed by atoms with Crippen LogP contribution in [0.5, 0.6) is 0 Å². The van der Waals surface area contributed by atoms with Crippen LogP contribution in [-0.4, -0.2) is 15.5 Å². The number of carbonyl (C=O) groups is 1. The number of carbonyl (C=O) groups excluding carboxylic acids is 1. The van der Waals surface area contributed by atoms with Crippen molar-refractivity contribution in [3.05, 3.63) is 45.9 Å². The van der Waals surface area contributed by atoms with Gasteiger partial charge in [0.1, 0.15) is 0 Å². The number of nitrogens with one attached hydrogen (secondary N) is 1. The highest BCUT2D eigenvalue weighted by atomic mass is 32.1. The average molecular weight is 424 g/mol. The fourth-order valence-corrected chi connectivity index (χ4v) is 7.47. The van der Waals surface area contributed by atoms with E-state index in [1.807, 2.05) is 18.2 Å². The molecule has 4 aliphatic carbocycles. The molecule has 1 amide bonds. The number of aryl methyl sites for hydroxylation is 1. The molecule has 7 heteroatoms. The number of oxazole rings is 1. The van der Waals surface area contributed by atoms with E-state index in [0.29, 0.717) is 16.2 Å². The number of fused-ring (bicyclic) bond motifs is 1. The van der Waals surface area contributed by atoms with E-state index < -0.39 is 5.76 Å². The number of hydrogen-bond acceptors (Lipinski definition) is 5. The van der Waals surface area contributed by atoms with Crippen LogP contribution in [0.4, 0.5) is 5.13 Å². The van der Waals surface area contributed by atoms with Gasteiger partial charge in [0, 0.05) is 23.8 Å². The summed E-state index contributed by atoms with van der Waals surface area (Å²) in [5.41, 5.74) is 2.70. The normalized spacial score (nSPS) is 29.5. The van der Waals surface area contributed by atoms with Crippen LogP contribution >= 0.6 is 11.3 Å². The molecule has 7 rings (SSSR count). The predicted molar refractivity (Wildman–Crippen MR) is 116 cm³/mol. The first kappa shape index (κ1) is 18.4. The van der Waals surface area contributed by atoms with Gasteiger partial charge in [-0.3, -0.25) is 9.36 Å². The van der Waals surface area contributed by atoms with E-state index in [1.54, 1.807) is 6.07 Å². The van der Waals surface area contributed by atoms with Crippen LogP contribution in [-0.2, 0) is 16.8 Å². The first-order valence-corrected chi connectivity index (χ1v) is 11.8. The largest absolute Gasteiger partial charge is 0.419 e. The van der Waals surface area contributed by atoms with Crippen molar-refractivity contribution in [2.24, 2.45) is 17.8 Å². The molecule has 4 fully saturated rings. The third-order valence-corrected chi connectivity index (χ3v) is 8.23. The molecule has 3 aromatic rings. The zero-order chi connectivity index (χ0) is 20.3. The maximum atomic E-state index is 12.5. The van der Waals surface area contributed by atoms with Crippen molar-refractivity contribution in [2.75, 3.05) is 5.32 Å². The highest BCUT2D eigenvalue weighted by Crippen LogP contribution is 2.60. The lowest BCUT2D eigenvalue weighted by Gasteiger charge is -2.56. The van der Waals surface area contributed by atoms with Crippen LogP contribution in [0.15, 0.2) is 38.9 Å². The van der Waals surface area contributed by atoms with Gasteiger partial charge in [-0.05, 0) is 68.4 Å². The van der Waals surface area contributed by atoms with Gasteiger partial charge in [-0.1, -0.05) is 12.1 Å². The highest BCUT2D eigenvalue weighted by molar-refractivity contribution is 7.13. The molecular weight excluding hydrogens is 398 g/mol. The maximum Gasteiger partial charge on any atom is 0.419 e. The summed E-state index contributed by atoms with van der Waals surface area (Å²) >= 11 is 1.53. The third kappa shape index (κ3) is 3.02. The number of benzene rings is 1. The van der Waals surface area contributed by atoms with Gasteiger partial charge in [-0.15, -0.1) is 11.3 Å². The van der Waals surface area contributed by atoms with Crippen molar-refractivity contribution in [3.8, 4) is 0 Å². The number of amides is 1. The first-order chi connectivity index (χ1) is 14.6. The van der Waals surface area contributed by atoms with Gasteiger partial charge in [0.25, 0.3) is 0 Å². The van der Waals surface area contributed by atoms with Crippen molar-refractivity contribution in [2.45, 2.75) is 56.9 Å². The summed E-state index contributed by atoms with van der Waals surface area (Å²) in [6, 6.07) is 7.27. The number of para-hydroxylation sites is 2. The standard InChI is InChI=1S/C23H25N3O3S/c27-20(5-6-26-17-3-1-2-4-18(17)29-22(26)28)25-21-24-19(13-30-21)23-10-14-7-15(11-23)9-16(8-14)12-23/h1-4,13-16H,5-12H2,(H,24,25,27). The molecule has 4 bridgehead atoms. The minimum Gasteiger partial charge on any atom is -0.408 e. The molecular formula is C23H25N3O3S. The summed E-state index contributed by atoms with van der Waals surface area (Å²) in [6.07, 6.45) is 8.25. The van der Waals surface area contributed by atoms with Gasteiger partial charge < -0.3 is 9.73 Å². The van der Waals surface area contributed by atoms with Crippen molar-refractivity contribution < 1.29 is 9.21 Å². The molecule has 2 heterocycles. The Morgan fingerprint density at radius 1 is 1.17 bits per heavy atom. The van der Waals surface area contributed by atoms with Gasteiger partial charge in [-0.25, -0.2) is 9.78 Å². The SMILES string of the molecule is O=C(CCn1c(=O)oc2ccccc21)Nc1nc(C23CC4CC(CC(C4)C2)C3)cs1. The zero-order valence-electron chi connectivity index (χ0n) is 16.8. The zero-order valence-corrected chi connectivity index (χ0v) is 17.6. The summed E-state index contributed by atoms with van der Waals surface area (Å²) in [5, 5.41) is 5.79. The summed E-state index contributed by atoms with van der Waals surface area (Å²) < 4.78 is 6.75. The predicted octanol–water partition coefficient (Wildman–Crippen LogP) is 4.55. The van der Waals surface area contributed by atoms with Crippen LogP contribution < -0.4 is 11.1 Å². The highest BCUT2D eigenvalue weighted by Gasteiger charge is 2.52. The van der Waals surface area contributed by atoms with Gasteiger partial charge in [0.05, 0.1) is 11.2 Å². The van der Waals surface area contributed by atoms with E-state index in [0.717, 1.165) is 17.8 Å². The third-order valence-electron chi connectivity index (χ3n) is 7.47. The van der Waals surface area contributed by atoms with Gasteiger partial charge in [0.2, 0.25) is 5.91 Å². The minimum atomic E-state index is -0.428. The molecule has 1 N–H and O–H groups in total. The Morgan fingerprint density at radius 3 is 2.60 bits per heavy atom. The van der Waals surface area contributed by atoms with Crippen LogP contribution in [0.1, 0.15) is 50.6 Å². The van der Waals surface area contributed by atoms with E-state index in [4.69, 9.17) is 9.40 Å². The van der Waals surface area contributed by atoms with Crippen molar-refractivity contribution in [3.63, 3.8) is 0 Å². The van der Waals surface area contributed by atoms with Crippen LogP contribution in [0.2, 0.25) is 0 Å². The molecule has 4 aliphatic rings. The van der Waals surface area contributed by atoms with E-state index in [2.05, 4.69) is 10.7 Å². The molecule has 6 nitrogen and oxygen atoms in total. The van der Waals surface area contributed by atoms with Crippen molar-refractivity contribution in [1.82, 2.24) is 9.55 Å². The second kappa shape index (κ2) is 6.80. The molecule has 2 aromatic heterocycles. The molecule has 156 valence electrons. The summed E-state index contributed by atoms with van der Waals surface area (Å²) in [6.45, 7) is 0.287. The number of thiazole rings is 1. The topological polar surface area (TPSA) is 77.1 Å². The average Bonchev–Trinajstić information content (AvgIpc) is 3.29. The Hall–Kier alpha value is -2.41. The fraction of sp³-hybridized carbons (Fsp3) is 0.522. The maximum absolute atomic E-state index is 12.5. The first-order valence-electron chi connectivity index (χ1n) is 10.9. The lowest BCUT2D eigenvalue weighted by molar-refractivity contribution is -0.116. The molecule has 0 saturated heterocycles. The summed E-state index contributed by atoms with van der Waals surface area (Å²) in [7, 11) is 0. The molecule has 0 atom stereocenters. The monoisotopic (exact) mass is 423 g/mol. The minimum absolute atomic E-state index is 0.126. The quantitative estimate of drug-likeness (QED) is 0.653. The number of hydrogen-bond donors (Lipinski definition) is 1. The Bertz CT molecular complexity index is 1140. The van der Waals surface area contributed by atoms with E-state index in [9.17, 15) is 9.59 Å². The van der Waals surface area contributed by atoms with Gasteiger partial charge >= 0.3 is 5.76 Å². The molecule has 30 heavy (non-hydrogen) atoms. The fourth-order valence-electron chi connectivity index (χ4n) is 6.62. The lowest BCUT2D eigenvalue weighted by atomic mass is 9.49. The second-order valence-corrected chi connectivity index (χ2v) is 10.4. The Balaban J connectivity index is 1.14. The number of rotatable bonds is 5. The summed E-state index contributed by atoms with van der Waals surface area (Å²) in [4.78, 5) is 29.4. The van der Waals surface area contributed by atoms with E-state index in [1.165, 1.54) is 60.1 Å². The molecule has 0 aliphatic heterocycles. The lowest BCUT2D eigenvalue weighted by Crippen LogP contribution is -2.48. The second-order valence-electron chi connectivity index (χ2n) is 9.52. The van der Waals surface area contributed by atoms with E-state index in [-0.39, 0.29) is 24.3 Å². The van der Waals surface area contributed by atoms with E-state index >= 15 is 0 Å². The summed E-state index contributed by atoms with van der Waals surface area (Å²) in [5.74, 6) is 2.07. The van der Waals surface area contributed by atoms with Crippen molar-refractivity contribution >= 4 is 33.5 Å². The van der Waals surface area contributed by atoms with Crippen LogP contribution in [0.3, 0.4) is 0 Å². The van der Waals surface area contributed by atoms with Crippen LogP contribution in [0, 0.1) is 17.8 Å².